The Morgan fingerprint density at radius 2 is 2.00 bits per heavy atom. The molecule has 0 spiro atoms. The van der Waals surface area contributed by atoms with Crippen molar-refractivity contribution in [2.24, 2.45) is 11.3 Å². The van der Waals surface area contributed by atoms with Gasteiger partial charge < -0.3 is 9.79 Å². The number of Topliss-reactive ketones (excluding diaryl/α,β-unsaturated/α-hetero) is 1. The van der Waals surface area contributed by atoms with Crippen molar-refractivity contribution in [3.8, 4) is 0 Å². The Hall–Kier alpha value is -0.250. The SMILES string of the molecule is CC(C)(CCCP(=O)(O)O)[C@H]1CCC[C@H](F)C1=O. The van der Waals surface area contributed by atoms with Crippen molar-refractivity contribution in [1.29, 1.82) is 0 Å². The van der Waals surface area contributed by atoms with Crippen LogP contribution in [0.15, 0.2) is 0 Å². The average molecular weight is 280 g/mol. The molecule has 6 heteroatoms. The highest BCUT2D eigenvalue weighted by Crippen LogP contribution is 2.42. The average Bonchev–Trinajstić information content (AvgIpc) is 2.19. The molecule has 1 saturated carbocycles. The molecule has 1 aliphatic carbocycles. The van der Waals surface area contributed by atoms with E-state index in [2.05, 4.69) is 0 Å². The monoisotopic (exact) mass is 280 g/mol. The van der Waals surface area contributed by atoms with E-state index in [9.17, 15) is 13.8 Å². The van der Waals surface area contributed by atoms with Crippen molar-refractivity contribution in [1.82, 2.24) is 0 Å². The highest BCUT2D eigenvalue weighted by molar-refractivity contribution is 7.51. The topological polar surface area (TPSA) is 74.6 Å². The molecular formula is C12H22FO4P. The molecule has 0 amide bonds. The first kappa shape index (κ1) is 15.8. The molecule has 0 aromatic heterocycles. The van der Waals surface area contributed by atoms with Crippen LogP contribution in [0.3, 0.4) is 0 Å². The van der Waals surface area contributed by atoms with E-state index in [0.717, 1.165) is 0 Å². The minimum absolute atomic E-state index is 0.170. The highest BCUT2D eigenvalue weighted by atomic mass is 31.2. The van der Waals surface area contributed by atoms with E-state index in [1.165, 1.54) is 0 Å². The summed E-state index contributed by atoms with van der Waals surface area (Å²) in [5, 5.41) is 0. The number of hydrogen-bond donors (Lipinski definition) is 2. The Labute approximate surface area is 107 Å². The second-order valence-corrected chi connectivity index (χ2v) is 7.61. The minimum Gasteiger partial charge on any atom is -0.324 e. The summed E-state index contributed by atoms with van der Waals surface area (Å²) in [4.78, 5) is 29.4. The Morgan fingerprint density at radius 1 is 1.39 bits per heavy atom. The molecule has 1 fully saturated rings. The third-order valence-electron chi connectivity index (χ3n) is 3.82. The first-order valence-corrected chi connectivity index (χ1v) is 8.15. The summed E-state index contributed by atoms with van der Waals surface area (Å²) in [6.07, 6.45) is 1.07. The normalized spacial score (nSPS) is 26.4. The smallest absolute Gasteiger partial charge is 0.324 e. The molecule has 4 nitrogen and oxygen atoms in total. The van der Waals surface area contributed by atoms with Crippen LogP contribution in [0.1, 0.15) is 46.0 Å². The van der Waals surface area contributed by atoms with Gasteiger partial charge in [0.1, 0.15) is 0 Å². The van der Waals surface area contributed by atoms with Crippen molar-refractivity contribution in [3.63, 3.8) is 0 Å². The lowest BCUT2D eigenvalue weighted by atomic mass is 9.68. The first-order valence-electron chi connectivity index (χ1n) is 6.36. The second-order valence-electron chi connectivity index (χ2n) is 5.83. The van der Waals surface area contributed by atoms with Crippen LogP contribution >= 0.6 is 7.60 Å². The zero-order chi connectivity index (χ0) is 14.0. The molecule has 2 atom stereocenters. The lowest BCUT2D eigenvalue weighted by molar-refractivity contribution is -0.134. The fourth-order valence-electron chi connectivity index (χ4n) is 2.69. The van der Waals surface area contributed by atoms with E-state index in [1.807, 2.05) is 13.8 Å². The standard InChI is InChI=1S/C12H22FO4P/c1-12(2,7-4-8-18(15,16)17)9-5-3-6-10(13)11(9)14/h9-10H,3-8H2,1-2H3,(H2,15,16,17)/t9-,10-/m0/s1. The molecule has 2 N–H and O–H groups in total. The molecule has 1 aliphatic rings. The van der Waals surface area contributed by atoms with Crippen LogP contribution in [-0.4, -0.2) is 27.9 Å². The summed E-state index contributed by atoms with van der Waals surface area (Å²) in [6.45, 7) is 3.76. The molecule has 0 aromatic carbocycles. The lowest BCUT2D eigenvalue weighted by Gasteiger charge is -2.37. The van der Waals surface area contributed by atoms with E-state index in [-0.39, 0.29) is 17.9 Å². The molecule has 0 saturated heterocycles. The predicted molar refractivity (Wildman–Crippen MR) is 67.2 cm³/mol. The largest absolute Gasteiger partial charge is 0.325 e. The fourth-order valence-corrected chi connectivity index (χ4v) is 3.26. The fraction of sp³-hybridized carbons (Fsp3) is 0.917. The van der Waals surface area contributed by atoms with Gasteiger partial charge in [0, 0.05) is 12.1 Å². The van der Waals surface area contributed by atoms with Gasteiger partial charge in [-0.2, -0.15) is 0 Å². The van der Waals surface area contributed by atoms with E-state index < -0.39 is 19.2 Å². The highest BCUT2D eigenvalue weighted by Gasteiger charge is 2.40. The second kappa shape index (κ2) is 5.81. The van der Waals surface area contributed by atoms with Gasteiger partial charge in [-0.05, 0) is 37.5 Å². The minimum atomic E-state index is -3.98. The van der Waals surface area contributed by atoms with Gasteiger partial charge in [-0.15, -0.1) is 0 Å². The predicted octanol–water partition coefficient (Wildman–Crippen LogP) is 2.68. The van der Waals surface area contributed by atoms with Gasteiger partial charge >= 0.3 is 7.60 Å². The maximum atomic E-state index is 13.4. The summed E-state index contributed by atoms with van der Waals surface area (Å²) in [5.41, 5.74) is -0.392. The summed E-state index contributed by atoms with van der Waals surface area (Å²) in [6, 6.07) is 0. The molecular weight excluding hydrogens is 258 g/mol. The maximum Gasteiger partial charge on any atom is 0.325 e. The van der Waals surface area contributed by atoms with Crippen LogP contribution in [0.4, 0.5) is 4.39 Å². The van der Waals surface area contributed by atoms with E-state index in [1.54, 1.807) is 0 Å². The number of rotatable bonds is 5. The summed E-state index contributed by atoms with van der Waals surface area (Å²) < 4.78 is 24.2. The molecule has 0 unspecified atom stereocenters. The van der Waals surface area contributed by atoms with Crippen LogP contribution in [-0.2, 0) is 9.36 Å². The third kappa shape index (κ3) is 4.45. The van der Waals surface area contributed by atoms with E-state index >= 15 is 0 Å². The first-order chi connectivity index (χ1) is 8.13. The summed E-state index contributed by atoms with van der Waals surface area (Å²) >= 11 is 0. The molecule has 1 rings (SSSR count). The maximum absolute atomic E-state index is 13.4. The molecule has 106 valence electrons. The van der Waals surface area contributed by atoms with Gasteiger partial charge in [0.2, 0.25) is 0 Å². The third-order valence-corrected chi connectivity index (χ3v) is 4.72. The van der Waals surface area contributed by atoms with Crippen molar-refractivity contribution in [2.75, 3.05) is 6.16 Å². The Morgan fingerprint density at radius 3 is 2.56 bits per heavy atom. The quantitative estimate of drug-likeness (QED) is 0.759. The number of ketones is 1. The van der Waals surface area contributed by atoms with Crippen LogP contribution in [0.2, 0.25) is 0 Å². The van der Waals surface area contributed by atoms with Crippen LogP contribution in [0.25, 0.3) is 0 Å². The van der Waals surface area contributed by atoms with Crippen molar-refractivity contribution in [3.05, 3.63) is 0 Å². The van der Waals surface area contributed by atoms with Crippen molar-refractivity contribution >= 4 is 13.4 Å². The molecule has 0 bridgehead atoms. The summed E-state index contributed by atoms with van der Waals surface area (Å²) in [7, 11) is -3.98. The Balaban J connectivity index is 2.56. The van der Waals surface area contributed by atoms with Crippen LogP contribution in [0.5, 0.6) is 0 Å². The molecule has 18 heavy (non-hydrogen) atoms. The number of alkyl halides is 1. The molecule has 0 radical (unpaired) electrons. The van der Waals surface area contributed by atoms with Crippen LogP contribution < -0.4 is 0 Å². The molecule has 0 aromatic rings. The lowest BCUT2D eigenvalue weighted by Crippen LogP contribution is -2.39. The van der Waals surface area contributed by atoms with Gasteiger partial charge in [0.15, 0.2) is 12.0 Å². The van der Waals surface area contributed by atoms with Gasteiger partial charge in [-0.25, -0.2) is 4.39 Å². The van der Waals surface area contributed by atoms with Crippen molar-refractivity contribution in [2.45, 2.75) is 52.1 Å². The molecule has 0 heterocycles. The van der Waals surface area contributed by atoms with Gasteiger partial charge in [-0.1, -0.05) is 13.8 Å². The Kier molecular flexibility index (Phi) is 5.10. The van der Waals surface area contributed by atoms with Crippen LogP contribution in [0, 0.1) is 11.3 Å². The number of hydrogen-bond acceptors (Lipinski definition) is 2. The van der Waals surface area contributed by atoms with Gasteiger partial charge in [0.25, 0.3) is 0 Å². The Bertz CT molecular complexity index is 350. The van der Waals surface area contributed by atoms with Gasteiger partial charge in [0.05, 0.1) is 0 Å². The van der Waals surface area contributed by atoms with Crippen molar-refractivity contribution < 1.29 is 23.5 Å². The van der Waals surface area contributed by atoms with E-state index in [4.69, 9.17) is 9.79 Å². The molecule has 0 aliphatic heterocycles. The van der Waals surface area contributed by atoms with Gasteiger partial charge in [-0.3, -0.25) is 9.36 Å². The number of carbonyl (C=O) groups excluding carboxylic acids is 1. The number of carbonyl (C=O) groups is 1. The number of halogens is 1. The zero-order valence-corrected chi connectivity index (χ0v) is 11.8. The summed E-state index contributed by atoms with van der Waals surface area (Å²) in [5.74, 6) is -0.652. The zero-order valence-electron chi connectivity index (χ0n) is 10.9. The van der Waals surface area contributed by atoms with E-state index in [0.29, 0.717) is 32.1 Å².